The van der Waals surface area contributed by atoms with Crippen LogP contribution in [-0.4, -0.2) is 22.4 Å². The minimum Gasteiger partial charge on any atom is -0.329 e. The number of pyridine rings is 1. The molecule has 2 aromatic heterocycles. The molecule has 0 bridgehead atoms. The zero-order chi connectivity index (χ0) is 16.9. The van der Waals surface area contributed by atoms with E-state index in [4.69, 9.17) is 5.73 Å². The summed E-state index contributed by atoms with van der Waals surface area (Å²) in [5.41, 5.74) is 8.08. The lowest BCUT2D eigenvalue weighted by Crippen LogP contribution is -2.27. The number of hydrogen-bond acceptors (Lipinski definition) is 5. The molecule has 122 valence electrons. The average molecular weight is 342 g/mol. The molecule has 1 unspecified atom stereocenters. The molecule has 1 aromatic carbocycles. The van der Waals surface area contributed by atoms with Crippen molar-refractivity contribution in [2.45, 2.75) is 5.92 Å². The molecule has 0 radical (unpaired) electrons. The van der Waals surface area contributed by atoms with Gasteiger partial charge < -0.3 is 11.1 Å². The molecule has 0 saturated carbocycles. The number of carbonyl (C=O) groups is 1. The number of rotatable bonds is 5. The molecule has 0 spiro atoms. The predicted molar refractivity (Wildman–Crippen MR) is 92.2 cm³/mol. The number of aromatic nitrogens is 2. The van der Waals surface area contributed by atoms with E-state index in [2.05, 4.69) is 15.3 Å². The number of anilines is 1. The first kappa shape index (κ1) is 16.2. The monoisotopic (exact) mass is 342 g/mol. The van der Waals surface area contributed by atoms with Crippen molar-refractivity contribution in [1.29, 1.82) is 0 Å². The molecule has 3 N–H and O–H groups in total. The Morgan fingerprint density at radius 3 is 2.58 bits per heavy atom. The summed E-state index contributed by atoms with van der Waals surface area (Å²) in [6.07, 6.45) is 3.37. The lowest BCUT2D eigenvalue weighted by Gasteiger charge is -2.14. The first-order valence-electron chi connectivity index (χ1n) is 7.29. The number of hydrogen-bond donors (Lipinski definition) is 2. The fraction of sp³-hybridized carbons (Fsp3) is 0.118. The van der Waals surface area contributed by atoms with E-state index in [1.165, 1.54) is 23.5 Å². The van der Waals surface area contributed by atoms with Crippen molar-refractivity contribution in [1.82, 2.24) is 9.97 Å². The van der Waals surface area contributed by atoms with Crippen molar-refractivity contribution in [2.75, 3.05) is 11.9 Å². The molecule has 24 heavy (non-hydrogen) atoms. The fourth-order valence-corrected chi connectivity index (χ4v) is 2.99. The van der Waals surface area contributed by atoms with E-state index in [1.807, 2.05) is 17.5 Å². The molecule has 1 amide bonds. The summed E-state index contributed by atoms with van der Waals surface area (Å²) in [6.45, 7) is 0.125. The molecule has 7 heteroatoms. The number of nitrogens with one attached hydrogen (secondary N) is 1. The van der Waals surface area contributed by atoms with Crippen LogP contribution in [0.1, 0.15) is 11.5 Å². The summed E-state index contributed by atoms with van der Waals surface area (Å²) in [4.78, 5) is 20.8. The van der Waals surface area contributed by atoms with Crippen LogP contribution in [0.25, 0.3) is 11.3 Å². The third kappa shape index (κ3) is 3.64. The van der Waals surface area contributed by atoms with Gasteiger partial charge in [0.1, 0.15) is 5.82 Å². The highest BCUT2D eigenvalue weighted by Crippen LogP contribution is 2.25. The van der Waals surface area contributed by atoms with Crippen LogP contribution >= 0.6 is 11.3 Å². The predicted octanol–water partition coefficient (Wildman–Crippen LogP) is 3.03. The van der Waals surface area contributed by atoms with Crippen molar-refractivity contribution < 1.29 is 9.18 Å². The number of benzene rings is 1. The van der Waals surface area contributed by atoms with E-state index in [9.17, 15) is 9.18 Å². The third-order valence-corrected chi connectivity index (χ3v) is 4.29. The molecule has 2 heterocycles. The largest absolute Gasteiger partial charge is 0.329 e. The maximum atomic E-state index is 13.0. The van der Waals surface area contributed by atoms with Gasteiger partial charge in [0, 0.05) is 29.9 Å². The van der Waals surface area contributed by atoms with E-state index in [0.29, 0.717) is 10.7 Å². The van der Waals surface area contributed by atoms with Crippen molar-refractivity contribution in [3.8, 4) is 11.3 Å². The van der Waals surface area contributed by atoms with Gasteiger partial charge in [-0.25, -0.2) is 9.37 Å². The molecule has 0 saturated heterocycles. The van der Waals surface area contributed by atoms with Gasteiger partial charge in [0.2, 0.25) is 5.91 Å². The lowest BCUT2D eigenvalue weighted by atomic mass is 9.98. The topological polar surface area (TPSA) is 80.9 Å². The van der Waals surface area contributed by atoms with Gasteiger partial charge in [-0.2, -0.15) is 0 Å². The summed E-state index contributed by atoms with van der Waals surface area (Å²) in [7, 11) is 0. The Morgan fingerprint density at radius 2 is 1.92 bits per heavy atom. The van der Waals surface area contributed by atoms with Gasteiger partial charge in [0.05, 0.1) is 11.6 Å². The van der Waals surface area contributed by atoms with Gasteiger partial charge in [-0.05, 0) is 29.8 Å². The molecule has 0 aliphatic carbocycles. The summed E-state index contributed by atoms with van der Waals surface area (Å²) in [5.74, 6) is -1.17. The number of halogens is 1. The van der Waals surface area contributed by atoms with E-state index in [-0.39, 0.29) is 18.3 Å². The quantitative estimate of drug-likeness (QED) is 0.747. The van der Waals surface area contributed by atoms with Crippen molar-refractivity contribution >= 4 is 22.4 Å². The zero-order valence-corrected chi connectivity index (χ0v) is 13.5. The van der Waals surface area contributed by atoms with Crippen LogP contribution in [-0.2, 0) is 4.79 Å². The van der Waals surface area contributed by atoms with Crippen molar-refractivity contribution in [3.63, 3.8) is 0 Å². The minimum atomic E-state index is -0.557. The Bertz CT molecular complexity index is 820. The second kappa shape index (κ2) is 7.29. The maximum Gasteiger partial charge on any atom is 0.234 e. The number of nitrogens with zero attached hydrogens (tertiary/aromatic N) is 2. The number of nitrogens with two attached hydrogens (primary N) is 1. The second-order valence-electron chi connectivity index (χ2n) is 5.10. The third-order valence-electron chi connectivity index (χ3n) is 3.53. The number of carbonyl (C=O) groups excluding carboxylic acids is 1. The van der Waals surface area contributed by atoms with Crippen LogP contribution < -0.4 is 11.1 Å². The second-order valence-corrected chi connectivity index (χ2v) is 5.96. The molecular formula is C17H15FN4OS. The molecule has 0 aliphatic rings. The molecule has 0 aliphatic heterocycles. The molecular weight excluding hydrogens is 327 g/mol. The molecule has 5 nitrogen and oxygen atoms in total. The fourth-order valence-electron chi connectivity index (χ4n) is 2.27. The number of thiazole rings is 1. The Balaban J connectivity index is 1.74. The van der Waals surface area contributed by atoms with Gasteiger partial charge in [0.15, 0.2) is 5.13 Å². The standard InChI is InChI=1S/C17H15FN4OS/c18-13-3-1-11(2-4-13)14(9-19)16(23)22-17-21-15(10-24-17)12-5-7-20-8-6-12/h1-8,10,14H,9,19H2,(H,21,22,23). The highest BCUT2D eigenvalue weighted by atomic mass is 32.1. The van der Waals surface area contributed by atoms with E-state index >= 15 is 0 Å². The lowest BCUT2D eigenvalue weighted by molar-refractivity contribution is -0.117. The van der Waals surface area contributed by atoms with E-state index in [1.54, 1.807) is 24.5 Å². The zero-order valence-electron chi connectivity index (χ0n) is 12.6. The Hall–Kier alpha value is -2.64. The number of amides is 1. The Kier molecular flexibility index (Phi) is 4.93. The smallest absolute Gasteiger partial charge is 0.234 e. The SMILES string of the molecule is NCC(C(=O)Nc1nc(-c2ccncc2)cs1)c1ccc(F)cc1. The normalized spacial score (nSPS) is 11.9. The van der Waals surface area contributed by atoms with E-state index < -0.39 is 5.92 Å². The summed E-state index contributed by atoms with van der Waals surface area (Å²) >= 11 is 1.33. The minimum absolute atomic E-state index is 0.125. The van der Waals surface area contributed by atoms with Crippen molar-refractivity contribution in [3.05, 3.63) is 65.6 Å². The first-order valence-corrected chi connectivity index (χ1v) is 8.17. The van der Waals surface area contributed by atoms with Crippen LogP contribution in [0.15, 0.2) is 54.2 Å². The van der Waals surface area contributed by atoms with Crippen LogP contribution in [0, 0.1) is 5.82 Å². The highest BCUT2D eigenvalue weighted by Gasteiger charge is 2.20. The van der Waals surface area contributed by atoms with Gasteiger partial charge in [0.25, 0.3) is 0 Å². The van der Waals surface area contributed by atoms with Crippen molar-refractivity contribution in [2.24, 2.45) is 5.73 Å². The van der Waals surface area contributed by atoms with Gasteiger partial charge >= 0.3 is 0 Å². The van der Waals surface area contributed by atoms with Crippen LogP contribution in [0.5, 0.6) is 0 Å². The maximum absolute atomic E-state index is 13.0. The molecule has 1 atom stereocenters. The molecule has 3 rings (SSSR count). The summed E-state index contributed by atoms with van der Waals surface area (Å²) in [5, 5.41) is 5.13. The van der Waals surface area contributed by atoms with Crippen LogP contribution in [0.3, 0.4) is 0 Å². The van der Waals surface area contributed by atoms with Crippen LogP contribution in [0.2, 0.25) is 0 Å². The average Bonchev–Trinajstić information content (AvgIpc) is 3.06. The Labute approximate surface area is 142 Å². The first-order chi connectivity index (χ1) is 11.7. The van der Waals surface area contributed by atoms with E-state index in [0.717, 1.165) is 11.3 Å². The Morgan fingerprint density at radius 1 is 1.21 bits per heavy atom. The summed E-state index contributed by atoms with van der Waals surface area (Å²) < 4.78 is 13.0. The molecule has 3 aromatic rings. The molecule has 0 fully saturated rings. The highest BCUT2D eigenvalue weighted by molar-refractivity contribution is 7.14. The van der Waals surface area contributed by atoms with Gasteiger partial charge in [-0.3, -0.25) is 9.78 Å². The van der Waals surface area contributed by atoms with Gasteiger partial charge in [-0.1, -0.05) is 12.1 Å². The summed E-state index contributed by atoms with van der Waals surface area (Å²) in [6, 6.07) is 9.46. The van der Waals surface area contributed by atoms with Crippen LogP contribution in [0.4, 0.5) is 9.52 Å². The van der Waals surface area contributed by atoms with Gasteiger partial charge in [-0.15, -0.1) is 11.3 Å².